The summed E-state index contributed by atoms with van der Waals surface area (Å²) in [4.78, 5) is 0. The Morgan fingerprint density at radius 2 is 2.05 bits per heavy atom. The first-order valence-corrected chi connectivity index (χ1v) is 5.21. The Morgan fingerprint density at radius 3 is 2.53 bits per heavy atom. The number of ether oxygens (including phenoxy) is 1. The summed E-state index contributed by atoms with van der Waals surface area (Å²) in [5, 5.41) is 19.8. The molecule has 0 aliphatic carbocycles. The number of anilines is 1. The first-order chi connectivity index (χ1) is 8.93. The summed E-state index contributed by atoms with van der Waals surface area (Å²) in [5.74, 6) is -1.90. The van der Waals surface area contributed by atoms with Crippen LogP contribution in [0.3, 0.4) is 0 Å². The van der Waals surface area contributed by atoms with Gasteiger partial charge in [0.1, 0.15) is 11.8 Å². The number of benzene rings is 1. The predicted molar refractivity (Wildman–Crippen MR) is 61.4 cm³/mol. The van der Waals surface area contributed by atoms with Gasteiger partial charge in [0, 0.05) is 6.54 Å². The molecule has 0 spiro atoms. The van der Waals surface area contributed by atoms with Crippen LogP contribution in [0.15, 0.2) is 18.2 Å². The second kappa shape index (κ2) is 5.96. The molecule has 0 bridgehead atoms. The van der Waals surface area contributed by atoms with Crippen molar-refractivity contribution in [3.8, 4) is 17.9 Å². The van der Waals surface area contributed by atoms with Crippen molar-refractivity contribution in [1.29, 1.82) is 10.5 Å². The highest BCUT2D eigenvalue weighted by Crippen LogP contribution is 2.30. The molecule has 1 unspecified atom stereocenters. The van der Waals surface area contributed by atoms with E-state index < -0.39 is 18.6 Å². The summed E-state index contributed by atoms with van der Waals surface area (Å²) in [6.45, 7) is -0.644. The Labute approximate surface area is 108 Å². The van der Waals surface area contributed by atoms with Crippen LogP contribution < -0.4 is 10.1 Å². The number of methoxy groups -OCH3 is 1. The molecule has 0 heterocycles. The number of halogens is 3. The number of hydrogen-bond acceptors (Lipinski definition) is 4. The molecule has 0 fully saturated rings. The monoisotopic (exact) mass is 269 g/mol. The predicted octanol–water partition coefficient (Wildman–Crippen LogP) is 2.68. The van der Waals surface area contributed by atoms with Crippen molar-refractivity contribution in [1.82, 2.24) is 0 Å². The molecular weight excluding hydrogens is 259 g/mol. The SMILES string of the molecule is COc1cccc(C#N)c1NCC(C#N)C(F)(F)F. The van der Waals surface area contributed by atoms with Crippen LogP contribution >= 0.6 is 0 Å². The number of alkyl halides is 3. The Morgan fingerprint density at radius 1 is 1.37 bits per heavy atom. The number of hydrogen-bond donors (Lipinski definition) is 1. The van der Waals surface area contributed by atoms with Crippen molar-refractivity contribution in [2.75, 3.05) is 19.0 Å². The summed E-state index contributed by atoms with van der Waals surface area (Å²) >= 11 is 0. The molecule has 0 saturated heterocycles. The van der Waals surface area contributed by atoms with Gasteiger partial charge < -0.3 is 10.1 Å². The van der Waals surface area contributed by atoms with Gasteiger partial charge in [-0.25, -0.2) is 0 Å². The fraction of sp³-hybridized carbons (Fsp3) is 0.333. The van der Waals surface area contributed by atoms with Gasteiger partial charge in [0.05, 0.1) is 24.4 Å². The van der Waals surface area contributed by atoms with E-state index in [1.54, 1.807) is 6.07 Å². The summed E-state index contributed by atoms with van der Waals surface area (Å²) in [6, 6.07) is 7.53. The second-order valence-electron chi connectivity index (χ2n) is 3.60. The summed E-state index contributed by atoms with van der Waals surface area (Å²) in [7, 11) is 1.34. The Kier molecular flexibility index (Phi) is 4.60. The highest BCUT2D eigenvalue weighted by atomic mass is 19.4. The van der Waals surface area contributed by atoms with Gasteiger partial charge in [-0.05, 0) is 12.1 Å². The fourth-order valence-electron chi connectivity index (χ4n) is 1.42. The van der Waals surface area contributed by atoms with Crippen molar-refractivity contribution in [3.63, 3.8) is 0 Å². The molecule has 0 aliphatic rings. The average Bonchev–Trinajstić information content (AvgIpc) is 2.37. The van der Waals surface area contributed by atoms with E-state index in [2.05, 4.69) is 5.32 Å². The van der Waals surface area contributed by atoms with Crippen LogP contribution in [0.25, 0.3) is 0 Å². The van der Waals surface area contributed by atoms with Crippen molar-refractivity contribution >= 4 is 5.69 Å². The number of nitriles is 2. The van der Waals surface area contributed by atoms with E-state index in [4.69, 9.17) is 15.3 Å². The van der Waals surface area contributed by atoms with Gasteiger partial charge in [0.15, 0.2) is 5.92 Å². The highest BCUT2D eigenvalue weighted by Gasteiger charge is 2.39. The lowest BCUT2D eigenvalue weighted by Crippen LogP contribution is -2.28. The minimum Gasteiger partial charge on any atom is -0.495 e. The van der Waals surface area contributed by atoms with Crippen LogP contribution in [0.4, 0.5) is 18.9 Å². The molecule has 1 N–H and O–H groups in total. The van der Waals surface area contributed by atoms with Crippen LogP contribution in [0.5, 0.6) is 5.75 Å². The molecule has 4 nitrogen and oxygen atoms in total. The van der Waals surface area contributed by atoms with Crippen LogP contribution in [-0.2, 0) is 0 Å². The number of nitrogens with zero attached hydrogens (tertiary/aromatic N) is 2. The molecule has 19 heavy (non-hydrogen) atoms. The molecule has 100 valence electrons. The molecule has 7 heteroatoms. The topological polar surface area (TPSA) is 68.8 Å². The second-order valence-corrected chi connectivity index (χ2v) is 3.60. The van der Waals surface area contributed by atoms with Crippen molar-refractivity contribution in [2.24, 2.45) is 5.92 Å². The lowest BCUT2D eigenvalue weighted by molar-refractivity contribution is -0.155. The smallest absolute Gasteiger partial charge is 0.406 e. The molecular formula is C12H10F3N3O. The van der Waals surface area contributed by atoms with E-state index in [0.29, 0.717) is 0 Å². The van der Waals surface area contributed by atoms with Gasteiger partial charge in [0.25, 0.3) is 0 Å². The highest BCUT2D eigenvalue weighted by molar-refractivity contribution is 5.66. The molecule has 0 aliphatic heterocycles. The standard InChI is InChI=1S/C12H10F3N3O/c1-19-10-4-2-3-8(5-16)11(10)18-7-9(6-17)12(13,14)15/h2-4,9,18H,7H2,1H3. The summed E-state index contributed by atoms with van der Waals surface area (Å²) < 4.78 is 42.2. The van der Waals surface area contributed by atoms with Crippen LogP contribution in [0.1, 0.15) is 5.56 Å². The normalized spacial score (nSPS) is 12.1. The molecule has 1 aromatic rings. The Hall–Kier alpha value is -2.41. The third-order valence-electron chi connectivity index (χ3n) is 2.40. The molecule has 0 aromatic heterocycles. The van der Waals surface area contributed by atoms with Gasteiger partial charge >= 0.3 is 6.18 Å². The summed E-state index contributed by atoms with van der Waals surface area (Å²) in [5.41, 5.74) is 0.301. The molecule has 1 rings (SSSR count). The number of para-hydroxylation sites is 1. The Bertz CT molecular complexity index is 528. The average molecular weight is 269 g/mol. The van der Waals surface area contributed by atoms with E-state index in [-0.39, 0.29) is 17.0 Å². The minimum absolute atomic E-state index is 0.150. The van der Waals surface area contributed by atoms with E-state index in [1.165, 1.54) is 25.3 Å². The van der Waals surface area contributed by atoms with E-state index >= 15 is 0 Å². The first kappa shape index (κ1) is 14.7. The fourth-order valence-corrected chi connectivity index (χ4v) is 1.42. The lowest BCUT2D eigenvalue weighted by atomic mass is 10.1. The quantitative estimate of drug-likeness (QED) is 0.912. The van der Waals surface area contributed by atoms with E-state index in [0.717, 1.165) is 0 Å². The third-order valence-corrected chi connectivity index (χ3v) is 2.40. The lowest BCUT2D eigenvalue weighted by Gasteiger charge is -2.17. The molecule has 0 amide bonds. The van der Waals surface area contributed by atoms with Gasteiger partial charge in [-0.1, -0.05) is 6.07 Å². The maximum Gasteiger partial charge on any atom is 0.406 e. The van der Waals surface area contributed by atoms with Crippen molar-refractivity contribution in [2.45, 2.75) is 6.18 Å². The van der Waals surface area contributed by atoms with Crippen LogP contribution in [0, 0.1) is 28.6 Å². The molecule has 1 aromatic carbocycles. The Balaban J connectivity index is 2.95. The van der Waals surface area contributed by atoms with Crippen LogP contribution in [-0.4, -0.2) is 19.8 Å². The van der Waals surface area contributed by atoms with Crippen LogP contribution in [0.2, 0.25) is 0 Å². The maximum atomic E-state index is 12.4. The number of nitrogens with one attached hydrogen (secondary N) is 1. The zero-order valence-electron chi connectivity index (χ0n) is 9.95. The van der Waals surface area contributed by atoms with E-state index in [1.807, 2.05) is 6.07 Å². The van der Waals surface area contributed by atoms with Gasteiger partial charge in [-0.2, -0.15) is 23.7 Å². The van der Waals surface area contributed by atoms with Gasteiger partial charge in [-0.3, -0.25) is 0 Å². The largest absolute Gasteiger partial charge is 0.495 e. The van der Waals surface area contributed by atoms with E-state index in [9.17, 15) is 13.2 Å². The number of rotatable bonds is 4. The molecule has 1 atom stereocenters. The molecule has 0 saturated carbocycles. The van der Waals surface area contributed by atoms with Crippen molar-refractivity contribution in [3.05, 3.63) is 23.8 Å². The van der Waals surface area contributed by atoms with Crippen molar-refractivity contribution < 1.29 is 17.9 Å². The summed E-state index contributed by atoms with van der Waals surface area (Å²) in [6.07, 6.45) is -4.61. The minimum atomic E-state index is -4.61. The first-order valence-electron chi connectivity index (χ1n) is 5.21. The molecule has 0 radical (unpaired) electrons. The third kappa shape index (κ3) is 3.52. The van der Waals surface area contributed by atoms with Gasteiger partial charge in [0.2, 0.25) is 0 Å². The zero-order chi connectivity index (χ0) is 14.5. The van der Waals surface area contributed by atoms with Gasteiger partial charge in [-0.15, -0.1) is 0 Å². The zero-order valence-corrected chi connectivity index (χ0v) is 9.95. The maximum absolute atomic E-state index is 12.4.